The van der Waals surface area contributed by atoms with Crippen LogP contribution < -0.4 is 5.32 Å². The molecule has 0 amide bonds. The summed E-state index contributed by atoms with van der Waals surface area (Å²) in [4.78, 5) is 19.6. The summed E-state index contributed by atoms with van der Waals surface area (Å²) >= 11 is 7.07. The Morgan fingerprint density at radius 2 is 2.46 bits per heavy atom. The zero-order valence-electron chi connectivity index (χ0n) is 15.0. The second-order valence-corrected chi connectivity index (χ2v) is 7.68. The molecule has 4 unspecified atom stereocenters. The summed E-state index contributed by atoms with van der Waals surface area (Å²) in [5.74, 6) is -0.151. The predicted octanol–water partition coefficient (Wildman–Crippen LogP) is 3.22. The molecule has 0 aromatic heterocycles. The number of aliphatic imine (C=N–C) groups is 2. The molecule has 0 bridgehead atoms. The summed E-state index contributed by atoms with van der Waals surface area (Å²) in [5, 5.41) is 9.87. The summed E-state index contributed by atoms with van der Waals surface area (Å²) in [6.07, 6.45) is 10.2. The Labute approximate surface area is 171 Å². The second kappa shape index (κ2) is 9.02. The van der Waals surface area contributed by atoms with Crippen LogP contribution in [0.2, 0.25) is 0 Å². The van der Waals surface area contributed by atoms with E-state index < -0.39 is 22.6 Å². The Bertz CT molecular complexity index is 785. The summed E-state index contributed by atoms with van der Waals surface area (Å²) < 4.78 is 24.3. The number of hydrogen-bond donors (Lipinski definition) is 2. The molecule has 2 aliphatic heterocycles. The SMILES string of the molecule is COC(=O)S/C(=N/C=N)NC[C@]1(C2=CCC(F)C=C2)OC1C1C=CC=NC1Cl. The van der Waals surface area contributed by atoms with Crippen molar-refractivity contribution in [1.29, 1.82) is 5.41 Å². The lowest BCUT2D eigenvalue weighted by Gasteiger charge is -2.23. The van der Waals surface area contributed by atoms with E-state index in [9.17, 15) is 9.18 Å². The number of nitrogens with zero attached hydrogens (tertiary/aromatic N) is 2. The standard InChI is InChI=1S/C18H20ClFN4O3S/c1-26-17(25)28-16(24-10-21)23-9-18(11-4-6-12(20)7-5-11)14(27-18)13-3-2-8-22-15(13)19/h2-6,8,10,12-15H,7,9H2,1H3,(H2,21,23,24)/t12?,13?,14?,15?,18-/m1/s1. The van der Waals surface area contributed by atoms with Crippen LogP contribution in [-0.4, -0.2) is 60.1 Å². The highest BCUT2D eigenvalue weighted by Crippen LogP contribution is 2.50. The number of thioether (sulfide) groups is 1. The minimum atomic E-state index is -1.02. The molecule has 3 rings (SSSR count). The number of ether oxygens (including phenoxy) is 2. The lowest BCUT2D eigenvalue weighted by atomic mass is 9.85. The molecule has 10 heteroatoms. The molecule has 1 saturated heterocycles. The number of dihydropyridines is 1. The quantitative estimate of drug-likeness (QED) is 0.175. The number of allylic oxidation sites excluding steroid dienone is 3. The van der Waals surface area contributed by atoms with Gasteiger partial charge < -0.3 is 14.8 Å². The maximum Gasteiger partial charge on any atom is 0.374 e. The molecule has 0 radical (unpaired) electrons. The molecule has 2 heterocycles. The largest absolute Gasteiger partial charge is 0.461 e. The third kappa shape index (κ3) is 4.53. The molecule has 7 nitrogen and oxygen atoms in total. The van der Waals surface area contributed by atoms with Crippen molar-refractivity contribution < 1.29 is 18.7 Å². The van der Waals surface area contributed by atoms with Gasteiger partial charge in [0.15, 0.2) is 5.17 Å². The van der Waals surface area contributed by atoms with E-state index in [2.05, 4.69) is 20.0 Å². The Kier molecular flexibility index (Phi) is 6.69. The molecule has 3 aliphatic rings. The Morgan fingerprint density at radius 1 is 1.64 bits per heavy atom. The van der Waals surface area contributed by atoms with Crippen LogP contribution in [0.25, 0.3) is 0 Å². The van der Waals surface area contributed by atoms with Crippen molar-refractivity contribution in [2.24, 2.45) is 15.9 Å². The van der Waals surface area contributed by atoms with Gasteiger partial charge in [0.25, 0.3) is 0 Å². The van der Waals surface area contributed by atoms with Crippen LogP contribution >= 0.6 is 23.4 Å². The van der Waals surface area contributed by atoms with Crippen LogP contribution in [0.15, 0.2) is 45.9 Å². The number of hydrogen-bond acceptors (Lipinski definition) is 6. The number of epoxide rings is 1. The van der Waals surface area contributed by atoms with Gasteiger partial charge in [-0.05, 0) is 11.6 Å². The van der Waals surface area contributed by atoms with Crippen molar-refractivity contribution >= 4 is 46.4 Å². The number of carbonyl (C=O) groups excluding carboxylic acids is 1. The number of halogens is 2. The van der Waals surface area contributed by atoms with Gasteiger partial charge in [-0.2, -0.15) is 0 Å². The van der Waals surface area contributed by atoms with Crippen molar-refractivity contribution in [2.45, 2.75) is 29.8 Å². The van der Waals surface area contributed by atoms with Gasteiger partial charge >= 0.3 is 5.30 Å². The zero-order valence-corrected chi connectivity index (χ0v) is 16.6. The number of carbonyl (C=O) groups is 1. The van der Waals surface area contributed by atoms with Crippen LogP contribution in [0.5, 0.6) is 0 Å². The number of amidine groups is 1. The third-order valence-corrected chi connectivity index (χ3v) is 5.80. The Hall–Kier alpha value is -1.97. The molecule has 1 fully saturated rings. The molecule has 2 N–H and O–H groups in total. The highest BCUT2D eigenvalue weighted by Gasteiger charge is 2.62. The molecule has 0 aromatic rings. The summed E-state index contributed by atoms with van der Waals surface area (Å²) in [7, 11) is 1.26. The smallest absolute Gasteiger partial charge is 0.374 e. The van der Waals surface area contributed by atoms with E-state index in [4.69, 9.17) is 21.7 Å². The van der Waals surface area contributed by atoms with Gasteiger partial charge in [0.2, 0.25) is 0 Å². The monoisotopic (exact) mass is 426 g/mol. The van der Waals surface area contributed by atoms with Gasteiger partial charge in [0.05, 0.1) is 13.7 Å². The van der Waals surface area contributed by atoms with E-state index >= 15 is 0 Å². The lowest BCUT2D eigenvalue weighted by molar-refractivity contribution is 0.200. The Balaban J connectivity index is 1.78. The first-order chi connectivity index (χ1) is 13.5. The first-order valence-corrected chi connectivity index (χ1v) is 9.86. The van der Waals surface area contributed by atoms with E-state index in [-0.39, 0.29) is 30.2 Å². The molecule has 0 aromatic carbocycles. The first-order valence-electron chi connectivity index (χ1n) is 8.61. The molecule has 0 spiro atoms. The van der Waals surface area contributed by atoms with E-state index in [0.717, 1.165) is 23.7 Å². The number of methoxy groups -OCH3 is 1. The van der Waals surface area contributed by atoms with Gasteiger partial charge in [0, 0.05) is 30.3 Å². The summed E-state index contributed by atoms with van der Waals surface area (Å²) in [5.41, 5.74) is -0.383. The second-order valence-electron chi connectivity index (χ2n) is 6.30. The average Bonchev–Trinajstić information content (AvgIpc) is 3.42. The number of nitrogens with one attached hydrogen (secondary N) is 2. The summed E-state index contributed by atoms with van der Waals surface area (Å²) in [6.45, 7) is 0.263. The molecule has 150 valence electrons. The Morgan fingerprint density at radius 3 is 3.11 bits per heavy atom. The highest BCUT2D eigenvalue weighted by atomic mass is 35.5. The molecular weight excluding hydrogens is 407 g/mol. The fourth-order valence-corrected chi connectivity index (χ4v) is 3.98. The molecule has 28 heavy (non-hydrogen) atoms. The van der Waals surface area contributed by atoms with Crippen LogP contribution in [0.4, 0.5) is 9.18 Å². The van der Waals surface area contributed by atoms with E-state index in [1.807, 2.05) is 18.2 Å². The van der Waals surface area contributed by atoms with Crippen molar-refractivity contribution in [2.75, 3.05) is 13.7 Å². The van der Waals surface area contributed by atoms with Crippen LogP contribution in [0.1, 0.15) is 6.42 Å². The maximum atomic E-state index is 13.5. The molecule has 0 saturated carbocycles. The van der Waals surface area contributed by atoms with Gasteiger partial charge in [-0.1, -0.05) is 35.9 Å². The normalized spacial score (nSPS) is 34.0. The van der Waals surface area contributed by atoms with Crippen LogP contribution in [-0.2, 0) is 9.47 Å². The first kappa shape index (κ1) is 20.8. The van der Waals surface area contributed by atoms with E-state index in [1.54, 1.807) is 12.3 Å². The van der Waals surface area contributed by atoms with Gasteiger partial charge in [-0.25, -0.2) is 14.2 Å². The van der Waals surface area contributed by atoms with Crippen molar-refractivity contribution in [3.63, 3.8) is 0 Å². The molecular formula is C18H20ClFN4O3S. The lowest BCUT2D eigenvalue weighted by Crippen LogP contribution is -2.39. The van der Waals surface area contributed by atoms with Crippen molar-refractivity contribution in [3.05, 3.63) is 36.0 Å². The minimum Gasteiger partial charge on any atom is -0.461 e. The molecule has 5 atom stereocenters. The minimum absolute atomic E-state index is 0.151. The number of alkyl halides is 2. The zero-order chi connectivity index (χ0) is 20.1. The topological polar surface area (TPSA) is 99.4 Å². The molecule has 1 aliphatic carbocycles. The van der Waals surface area contributed by atoms with Gasteiger partial charge in [-0.15, -0.1) is 0 Å². The van der Waals surface area contributed by atoms with Crippen LogP contribution in [0, 0.1) is 11.3 Å². The van der Waals surface area contributed by atoms with E-state index in [1.165, 1.54) is 13.2 Å². The van der Waals surface area contributed by atoms with E-state index in [0.29, 0.717) is 0 Å². The highest BCUT2D eigenvalue weighted by molar-refractivity contribution is 8.26. The van der Waals surface area contributed by atoms with Gasteiger partial charge in [-0.3, -0.25) is 10.4 Å². The maximum absolute atomic E-state index is 13.5. The van der Waals surface area contributed by atoms with Crippen LogP contribution in [0.3, 0.4) is 0 Å². The van der Waals surface area contributed by atoms with Crippen molar-refractivity contribution in [3.8, 4) is 0 Å². The van der Waals surface area contributed by atoms with Crippen molar-refractivity contribution in [1.82, 2.24) is 5.32 Å². The predicted molar refractivity (Wildman–Crippen MR) is 109 cm³/mol. The summed E-state index contributed by atoms with van der Waals surface area (Å²) in [6, 6.07) is 0. The van der Waals surface area contributed by atoms with Gasteiger partial charge in [0.1, 0.15) is 29.7 Å². The third-order valence-electron chi connectivity index (χ3n) is 4.62. The fraction of sp³-hybridized carbons (Fsp3) is 0.444. The fourth-order valence-electron chi connectivity index (χ4n) is 3.21. The number of rotatable bonds is 5. The average molecular weight is 427 g/mol.